The molecule has 0 bridgehead atoms. The second kappa shape index (κ2) is 11.0. The van der Waals surface area contributed by atoms with Crippen LogP contribution >= 0.6 is 34.2 Å². The molecule has 0 aromatic heterocycles. The van der Waals surface area contributed by atoms with Crippen molar-refractivity contribution in [2.75, 3.05) is 32.8 Å². The molecule has 1 atom stereocenters. The first-order valence-electron chi connectivity index (χ1n) is 9.35. The van der Waals surface area contributed by atoms with E-state index >= 15 is 0 Å². The summed E-state index contributed by atoms with van der Waals surface area (Å²) in [7, 11) is 0. The number of benzene rings is 2. The molecule has 6 heteroatoms. The van der Waals surface area contributed by atoms with Crippen LogP contribution in [-0.2, 0) is 11.2 Å². The quantitative estimate of drug-likeness (QED) is 0.270. The number of ether oxygens (including phenoxy) is 2. The number of alkyl halides is 1. The highest BCUT2D eigenvalue weighted by Crippen LogP contribution is 2.29. The topological polar surface area (TPSA) is 47.7 Å². The minimum absolute atomic E-state index is 0.00356. The second-order valence-electron chi connectivity index (χ2n) is 6.61. The minimum atomic E-state index is 0.00356. The van der Waals surface area contributed by atoms with Gasteiger partial charge in [-0.25, -0.2) is 0 Å². The molecule has 3 rings (SSSR count). The number of nitrogens with two attached hydrogens (primary N) is 1. The molecule has 1 aliphatic heterocycles. The number of nitrogens with zero attached hydrogens (tertiary/aromatic N) is 1. The molecule has 1 aliphatic rings. The van der Waals surface area contributed by atoms with Crippen molar-refractivity contribution < 1.29 is 9.47 Å². The van der Waals surface area contributed by atoms with E-state index in [0.717, 1.165) is 56.1 Å². The molecule has 0 amide bonds. The van der Waals surface area contributed by atoms with E-state index in [2.05, 4.69) is 45.4 Å². The molecule has 1 heterocycles. The molecule has 1 saturated heterocycles. The summed E-state index contributed by atoms with van der Waals surface area (Å²) < 4.78 is 11.4. The Balaban J connectivity index is 1.68. The van der Waals surface area contributed by atoms with Gasteiger partial charge in [-0.15, -0.1) is 0 Å². The zero-order valence-electron chi connectivity index (χ0n) is 15.7. The molecule has 28 heavy (non-hydrogen) atoms. The highest BCUT2D eigenvalue weighted by molar-refractivity contribution is 14.1. The van der Waals surface area contributed by atoms with E-state index in [1.54, 1.807) is 6.07 Å². The standard InChI is InChI=1S/C22H24ClIN2O2/c23-19-5-3-6-20(16-19)28-21-8-7-17(14-18(21)15-22(24)25)4-1-2-9-26-10-12-27-13-11-26/h3,5-8,14,16,22H,2,9-13,15,25H2. The van der Waals surface area contributed by atoms with Crippen LogP contribution < -0.4 is 10.5 Å². The molecule has 0 aliphatic carbocycles. The summed E-state index contributed by atoms with van der Waals surface area (Å²) in [4.78, 5) is 2.39. The third-order valence-corrected chi connectivity index (χ3v) is 5.06. The monoisotopic (exact) mass is 510 g/mol. The first-order chi connectivity index (χ1) is 13.6. The molecule has 1 fully saturated rings. The van der Waals surface area contributed by atoms with E-state index < -0.39 is 0 Å². The molecule has 0 spiro atoms. The fraction of sp³-hybridized carbons (Fsp3) is 0.364. The van der Waals surface area contributed by atoms with Gasteiger partial charge >= 0.3 is 0 Å². The maximum absolute atomic E-state index is 6.06. The Morgan fingerprint density at radius 3 is 2.79 bits per heavy atom. The fourth-order valence-electron chi connectivity index (χ4n) is 2.99. The van der Waals surface area contributed by atoms with Gasteiger partial charge in [-0.05, 0) is 42.0 Å². The molecule has 0 saturated carbocycles. The number of halogens is 2. The van der Waals surface area contributed by atoms with Gasteiger partial charge in [0.05, 0.1) is 17.3 Å². The zero-order chi connectivity index (χ0) is 19.8. The summed E-state index contributed by atoms with van der Waals surface area (Å²) in [6, 6.07) is 13.4. The van der Waals surface area contributed by atoms with Gasteiger partial charge in [0.1, 0.15) is 11.5 Å². The molecular weight excluding hydrogens is 487 g/mol. The van der Waals surface area contributed by atoms with E-state index in [1.807, 2.05) is 30.3 Å². The van der Waals surface area contributed by atoms with Gasteiger partial charge in [0, 0.05) is 43.1 Å². The molecule has 2 aromatic rings. The van der Waals surface area contributed by atoms with Crippen LogP contribution in [0.5, 0.6) is 11.5 Å². The van der Waals surface area contributed by atoms with Crippen LogP contribution in [0.3, 0.4) is 0 Å². The summed E-state index contributed by atoms with van der Waals surface area (Å²) in [5, 5.41) is 0.646. The third-order valence-electron chi connectivity index (χ3n) is 4.39. The van der Waals surface area contributed by atoms with Crippen molar-refractivity contribution in [1.82, 2.24) is 4.90 Å². The van der Waals surface area contributed by atoms with Gasteiger partial charge < -0.3 is 15.2 Å². The summed E-state index contributed by atoms with van der Waals surface area (Å²) >= 11 is 8.28. The first-order valence-corrected chi connectivity index (χ1v) is 11.0. The Morgan fingerprint density at radius 1 is 1.21 bits per heavy atom. The van der Waals surface area contributed by atoms with Crippen LogP contribution in [0.4, 0.5) is 0 Å². The van der Waals surface area contributed by atoms with Crippen molar-refractivity contribution in [3.63, 3.8) is 0 Å². The average molecular weight is 511 g/mol. The third kappa shape index (κ3) is 6.94. The van der Waals surface area contributed by atoms with Crippen LogP contribution in [0.25, 0.3) is 0 Å². The molecule has 4 nitrogen and oxygen atoms in total. The van der Waals surface area contributed by atoms with Crippen LogP contribution in [0.2, 0.25) is 5.02 Å². The van der Waals surface area contributed by atoms with Crippen molar-refractivity contribution in [3.8, 4) is 23.3 Å². The summed E-state index contributed by atoms with van der Waals surface area (Å²) in [6.07, 6.45) is 1.56. The lowest BCUT2D eigenvalue weighted by molar-refractivity contribution is 0.0390. The average Bonchev–Trinajstić information content (AvgIpc) is 2.67. The van der Waals surface area contributed by atoms with Crippen molar-refractivity contribution >= 4 is 34.2 Å². The van der Waals surface area contributed by atoms with Gasteiger partial charge in [-0.3, -0.25) is 4.90 Å². The van der Waals surface area contributed by atoms with Gasteiger partial charge in [0.15, 0.2) is 0 Å². The van der Waals surface area contributed by atoms with E-state index in [9.17, 15) is 0 Å². The summed E-state index contributed by atoms with van der Waals surface area (Å²) in [5.74, 6) is 8.05. The maximum atomic E-state index is 6.06. The van der Waals surface area contributed by atoms with Gasteiger partial charge in [0.25, 0.3) is 0 Å². The molecule has 2 aromatic carbocycles. The first kappa shape index (κ1) is 21.4. The summed E-state index contributed by atoms with van der Waals surface area (Å²) in [5.41, 5.74) is 8.05. The van der Waals surface area contributed by atoms with Crippen LogP contribution in [0, 0.1) is 11.8 Å². The highest BCUT2D eigenvalue weighted by atomic mass is 127. The molecular formula is C22H24ClIN2O2. The van der Waals surface area contributed by atoms with Crippen LogP contribution in [0.15, 0.2) is 42.5 Å². The molecule has 148 valence electrons. The Kier molecular flexibility index (Phi) is 8.44. The molecule has 1 unspecified atom stereocenters. The van der Waals surface area contributed by atoms with Crippen LogP contribution in [0.1, 0.15) is 17.5 Å². The number of rotatable bonds is 6. The van der Waals surface area contributed by atoms with Gasteiger partial charge in [0.2, 0.25) is 0 Å². The zero-order valence-corrected chi connectivity index (χ0v) is 18.6. The predicted octanol–water partition coefficient (Wildman–Crippen LogP) is 4.47. The lowest BCUT2D eigenvalue weighted by Gasteiger charge is -2.25. The van der Waals surface area contributed by atoms with Gasteiger partial charge in [-0.2, -0.15) is 0 Å². The van der Waals surface area contributed by atoms with Crippen molar-refractivity contribution in [2.45, 2.75) is 16.9 Å². The van der Waals surface area contributed by atoms with Crippen molar-refractivity contribution in [3.05, 3.63) is 58.6 Å². The van der Waals surface area contributed by atoms with E-state index in [-0.39, 0.29) is 4.05 Å². The SMILES string of the molecule is NC(I)Cc1cc(C#CCCN2CCOCC2)ccc1Oc1cccc(Cl)c1. The van der Waals surface area contributed by atoms with E-state index in [1.165, 1.54) is 0 Å². The predicted molar refractivity (Wildman–Crippen MR) is 122 cm³/mol. The summed E-state index contributed by atoms with van der Waals surface area (Å²) in [6.45, 7) is 4.62. The van der Waals surface area contributed by atoms with E-state index in [0.29, 0.717) is 17.2 Å². The van der Waals surface area contributed by atoms with Crippen LogP contribution in [-0.4, -0.2) is 41.8 Å². The number of hydrogen-bond donors (Lipinski definition) is 1. The Bertz CT molecular complexity index is 842. The molecule has 2 N–H and O–H groups in total. The van der Waals surface area contributed by atoms with E-state index in [4.69, 9.17) is 26.8 Å². The Labute approximate surface area is 185 Å². The van der Waals surface area contributed by atoms with Crippen molar-refractivity contribution in [1.29, 1.82) is 0 Å². The minimum Gasteiger partial charge on any atom is -0.457 e. The smallest absolute Gasteiger partial charge is 0.130 e. The largest absolute Gasteiger partial charge is 0.457 e. The van der Waals surface area contributed by atoms with Crippen molar-refractivity contribution in [2.24, 2.45) is 5.73 Å². The highest BCUT2D eigenvalue weighted by Gasteiger charge is 2.10. The lowest BCUT2D eigenvalue weighted by atomic mass is 10.1. The fourth-order valence-corrected chi connectivity index (χ4v) is 3.64. The molecule has 0 radical (unpaired) electrons. The Morgan fingerprint density at radius 2 is 2.04 bits per heavy atom. The maximum Gasteiger partial charge on any atom is 0.130 e. The number of morpholine rings is 1. The second-order valence-corrected chi connectivity index (χ2v) is 8.64. The van der Waals surface area contributed by atoms with Gasteiger partial charge in [-0.1, -0.05) is 52.1 Å². The normalized spacial score (nSPS) is 15.5. The lowest BCUT2D eigenvalue weighted by Crippen LogP contribution is -2.36. The number of hydrogen-bond acceptors (Lipinski definition) is 4. The Hall–Kier alpha value is -1.30.